The Bertz CT molecular complexity index is 1710. The summed E-state index contributed by atoms with van der Waals surface area (Å²) in [5, 5.41) is 21.0. The standard InChI is InChI=1S/C22H25N2O15P3S/c25-18-17(12-35-41(31,32)39-42(33,34)38-40(28,29)30)37-21(19(18)26)24-11-14(20(43)23-22(24)27)9-13-5-4-8-16(10-13)36-15-6-2-1-3-7-15/h1-8,10-11,17-19,21,25-26H,9,12H2,(H,31,32)(H,33,34)(H,23,27,43)(H2,28,29,30)/t17-,18-,19-,21-/m1/s1. The highest BCUT2D eigenvalue weighted by Gasteiger charge is 2.46. The molecule has 6 atom stereocenters. The van der Waals surface area contributed by atoms with Crippen LogP contribution in [-0.2, 0) is 38.0 Å². The first-order valence-corrected chi connectivity index (χ1v) is 16.9. The third kappa shape index (κ3) is 9.31. The zero-order valence-corrected chi connectivity index (χ0v) is 25.1. The summed E-state index contributed by atoms with van der Waals surface area (Å²) >= 11 is 5.30. The Hall–Kier alpha value is -2.37. The van der Waals surface area contributed by atoms with Crippen molar-refractivity contribution in [3.8, 4) is 11.5 Å². The van der Waals surface area contributed by atoms with E-state index >= 15 is 0 Å². The maximum Gasteiger partial charge on any atom is 0.490 e. The van der Waals surface area contributed by atoms with Gasteiger partial charge in [-0.1, -0.05) is 42.5 Å². The van der Waals surface area contributed by atoms with Crippen LogP contribution in [0.2, 0.25) is 0 Å². The van der Waals surface area contributed by atoms with Gasteiger partial charge in [0, 0.05) is 18.2 Å². The molecule has 0 spiro atoms. The summed E-state index contributed by atoms with van der Waals surface area (Å²) in [7, 11) is -16.9. The van der Waals surface area contributed by atoms with Crippen molar-refractivity contribution in [1.82, 2.24) is 9.55 Å². The first-order valence-electron chi connectivity index (χ1n) is 12.0. The second kappa shape index (κ2) is 13.3. The quantitative estimate of drug-likeness (QED) is 0.107. The normalized spacial score (nSPS) is 23.4. The lowest BCUT2D eigenvalue weighted by atomic mass is 10.1. The van der Waals surface area contributed by atoms with E-state index in [9.17, 15) is 38.5 Å². The van der Waals surface area contributed by atoms with Crippen LogP contribution in [0.5, 0.6) is 11.5 Å². The summed E-state index contributed by atoms with van der Waals surface area (Å²) in [4.78, 5) is 51.3. The molecule has 2 aromatic carbocycles. The highest BCUT2D eigenvalue weighted by Crippen LogP contribution is 2.66. The van der Waals surface area contributed by atoms with Crippen LogP contribution < -0.4 is 10.4 Å². The van der Waals surface area contributed by atoms with E-state index in [1.807, 2.05) is 18.2 Å². The van der Waals surface area contributed by atoms with Gasteiger partial charge >= 0.3 is 29.2 Å². The maximum absolute atomic E-state index is 12.7. The van der Waals surface area contributed by atoms with Gasteiger partial charge in [0.2, 0.25) is 0 Å². The fourth-order valence-electron chi connectivity index (χ4n) is 3.97. The van der Waals surface area contributed by atoms with E-state index < -0.39 is 60.3 Å². The topological polar surface area (TPSA) is 257 Å². The number of benzene rings is 2. The number of aliphatic hydroxyl groups excluding tert-OH is 2. The molecular weight excluding hydrogens is 657 g/mol. The highest BCUT2D eigenvalue weighted by atomic mass is 32.1. The van der Waals surface area contributed by atoms with Gasteiger partial charge in [0.1, 0.15) is 34.5 Å². The van der Waals surface area contributed by atoms with Gasteiger partial charge in [-0.2, -0.15) is 8.62 Å². The second-order valence-electron chi connectivity index (χ2n) is 8.99. The van der Waals surface area contributed by atoms with E-state index in [1.54, 1.807) is 36.4 Å². The molecule has 0 amide bonds. The number of phosphoric ester groups is 1. The molecule has 1 aliphatic heterocycles. The van der Waals surface area contributed by atoms with Crippen LogP contribution in [-0.4, -0.2) is 64.3 Å². The van der Waals surface area contributed by atoms with E-state index in [0.29, 0.717) is 17.1 Å². The third-order valence-electron chi connectivity index (χ3n) is 5.74. The Labute approximate surface area is 247 Å². The Kier molecular flexibility index (Phi) is 10.4. The highest BCUT2D eigenvalue weighted by molar-refractivity contribution is 7.71. The molecule has 1 saturated heterocycles. The molecule has 43 heavy (non-hydrogen) atoms. The molecule has 17 nitrogen and oxygen atoms in total. The van der Waals surface area contributed by atoms with Gasteiger partial charge in [-0.3, -0.25) is 14.1 Å². The Morgan fingerprint density at radius 2 is 1.58 bits per heavy atom. The van der Waals surface area contributed by atoms with Gasteiger partial charge in [-0.15, -0.1) is 0 Å². The van der Waals surface area contributed by atoms with Gasteiger partial charge in [0.25, 0.3) is 0 Å². The second-order valence-corrected chi connectivity index (χ2v) is 13.8. The molecule has 1 fully saturated rings. The van der Waals surface area contributed by atoms with Crippen LogP contribution in [0.3, 0.4) is 0 Å². The zero-order chi connectivity index (χ0) is 31.6. The summed E-state index contributed by atoms with van der Waals surface area (Å²) in [5.74, 6) is 1.17. The number of aliphatic hydroxyl groups is 2. The van der Waals surface area contributed by atoms with Crippen LogP contribution in [0.1, 0.15) is 17.4 Å². The molecular formula is C22H25N2O15P3S. The number of para-hydroxylation sites is 1. The van der Waals surface area contributed by atoms with Gasteiger partial charge < -0.3 is 39.3 Å². The van der Waals surface area contributed by atoms with Crippen molar-refractivity contribution in [2.75, 3.05) is 6.61 Å². The first kappa shape index (κ1) is 33.5. The third-order valence-corrected chi connectivity index (χ3v) is 9.91. The van der Waals surface area contributed by atoms with Crippen LogP contribution in [0.4, 0.5) is 0 Å². The number of nitrogens with one attached hydrogen (secondary N) is 1. The van der Waals surface area contributed by atoms with Gasteiger partial charge in [0.15, 0.2) is 6.23 Å². The van der Waals surface area contributed by atoms with Crippen molar-refractivity contribution in [3.05, 3.63) is 87.0 Å². The average Bonchev–Trinajstić information content (AvgIpc) is 3.16. The SMILES string of the molecule is O=c1[nH]c(=S)c(Cc2cccc(Oc3ccccc3)c2)cn1[C@@H]1O[C@H](COP(=O)(O)OP(=O)(O)OP(=O)(O)O)[C@@H](O)[C@H]1O. The molecule has 3 aromatic rings. The minimum absolute atomic E-state index is 0.0906. The minimum atomic E-state index is -5.77. The lowest BCUT2D eigenvalue weighted by molar-refractivity contribution is -0.0543. The van der Waals surface area contributed by atoms with Crippen LogP contribution in [0.25, 0.3) is 0 Å². The lowest BCUT2D eigenvalue weighted by Gasteiger charge is -2.19. The number of aromatic amines is 1. The summed E-state index contributed by atoms with van der Waals surface area (Å²) < 4.78 is 58.3. The molecule has 2 unspecified atom stereocenters. The van der Waals surface area contributed by atoms with Crippen molar-refractivity contribution in [2.45, 2.75) is 31.0 Å². The van der Waals surface area contributed by atoms with Crippen LogP contribution in [0.15, 0.2) is 65.6 Å². The number of ether oxygens (including phenoxy) is 2. The molecule has 21 heteroatoms. The van der Waals surface area contributed by atoms with E-state index in [0.717, 1.165) is 10.1 Å². The molecule has 2 heterocycles. The summed E-state index contributed by atoms with van der Waals surface area (Å²) in [6.45, 7) is -1.04. The van der Waals surface area contributed by atoms with E-state index in [2.05, 4.69) is 18.1 Å². The molecule has 0 radical (unpaired) electrons. The minimum Gasteiger partial charge on any atom is -0.457 e. The van der Waals surface area contributed by atoms with E-state index in [1.165, 1.54) is 6.20 Å². The maximum atomic E-state index is 12.7. The van der Waals surface area contributed by atoms with Crippen molar-refractivity contribution in [3.63, 3.8) is 0 Å². The largest absolute Gasteiger partial charge is 0.490 e. The zero-order valence-electron chi connectivity index (χ0n) is 21.6. The number of H-pyrrole nitrogens is 1. The van der Waals surface area contributed by atoms with Crippen molar-refractivity contribution in [2.24, 2.45) is 0 Å². The number of hydrogen-bond acceptors (Lipinski definition) is 12. The Morgan fingerprint density at radius 1 is 0.907 bits per heavy atom. The summed E-state index contributed by atoms with van der Waals surface area (Å²) in [6, 6.07) is 16.2. The molecule has 0 aliphatic carbocycles. The Balaban J connectivity index is 1.47. The first-order chi connectivity index (χ1) is 20.0. The molecule has 4 rings (SSSR count). The summed E-state index contributed by atoms with van der Waals surface area (Å²) in [6.07, 6.45) is -5.19. The predicted molar refractivity (Wildman–Crippen MR) is 147 cm³/mol. The lowest BCUT2D eigenvalue weighted by Crippen LogP contribution is -2.36. The fraction of sp³-hybridized carbons (Fsp3) is 0.273. The van der Waals surface area contributed by atoms with E-state index in [4.69, 9.17) is 31.5 Å². The van der Waals surface area contributed by atoms with Crippen LogP contribution >= 0.6 is 35.7 Å². The van der Waals surface area contributed by atoms with Crippen LogP contribution in [0, 0.1) is 4.64 Å². The predicted octanol–water partition coefficient (Wildman–Crippen LogP) is 2.25. The van der Waals surface area contributed by atoms with Crippen molar-refractivity contribution >= 4 is 35.7 Å². The number of rotatable bonds is 12. The van der Waals surface area contributed by atoms with Gasteiger partial charge in [0.05, 0.1) is 6.61 Å². The molecule has 7 N–H and O–H groups in total. The average molecular weight is 682 g/mol. The Morgan fingerprint density at radius 3 is 2.26 bits per heavy atom. The molecule has 1 aliphatic rings. The molecule has 0 bridgehead atoms. The van der Waals surface area contributed by atoms with Gasteiger partial charge in [-0.05, 0) is 29.8 Å². The monoisotopic (exact) mass is 682 g/mol. The number of hydrogen-bond donors (Lipinski definition) is 7. The van der Waals surface area contributed by atoms with Crippen molar-refractivity contribution < 1.29 is 66.1 Å². The molecule has 1 aromatic heterocycles. The van der Waals surface area contributed by atoms with Crippen molar-refractivity contribution in [1.29, 1.82) is 0 Å². The number of phosphoric acid groups is 3. The summed E-state index contributed by atoms with van der Waals surface area (Å²) in [5.41, 5.74) is 0.355. The van der Waals surface area contributed by atoms with Gasteiger partial charge in [-0.25, -0.2) is 18.5 Å². The molecule has 234 valence electrons. The number of nitrogens with zero attached hydrogens (tertiary/aromatic N) is 1. The smallest absolute Gasteiger partial charge is 0.457 e. The number of aromatic nitrogens is 2. The fourth-order valence-corrected chi connectivity index (χ4v) is 7.22. The molecule has 0 saturated carbocycles. The van der Waals surface area contributed by atoms with E-state index in [-0.39, 0.29) is 11.1 Å².